The summed E-state index contributed by atoms with van der Waals surface area (Å²) in [4.78, 5) is 21.2. The molecule has 4 aromatic heterocycles. The Bertz CT molecular complexity index is 3560. The van der Waals surface area contributed by atoms with Crippen molar-refractivity contribution in [3.63, 3.8) is 0 Å². The van der Waals surface area contributed by atoms with Gasteiger partial charge in [0.25, 0.3) is 0 Å². The molecule has 0 bridgehead atoms. The maximum Gasteiger partial charge on any atom is 0.167 e. The van der Waals surface area contributed by atoms with Gasteiger partial charge >= 0.3 is 0 Å². The van der Waals surface area contributed by atoms with Crippen LogP contribution in [-0.2, 0) is 0 Å². The number of fused-ring (bicyclic) bond motifs is 7. The second-order valence-electron chi connectivity index (χ2n) is 15.4. The smallest absolute Gasteiger partial charge is 0.167 e. The minimum Gasteiger partial charge on any atom is -0.456 e. The molecule has 0 atom stereocenters. The largest absolute Gasteiger partial charge is 0.456 e. The van der Waals surface area contributed by atoms with Crippen molar-refractivity contribution in [3.05, 3.63) is 212 Å². The standard InChI is InChI=1S/C56H35N5O/c1-5-17-36(18-6-1)40-29-30-42(37-19-7-2-8-20-37)46(33-40)41-34-47(55-59-53(38-21-9-3-10-22-38)58-54(60-55)39-23-11-4-12-24-39)56(57-35-41)61-48-27-15-13-25-43(48)44-31-32-50-51(52(44)61)45-26-14-16-28-49(45)62-50/h1-35H. The molecule has 0 saturated heterocycles. The van der Waals surface area contributed by atoms with Gasteiger partial charge in [-0.15, -0.1) is 0 Å². The molecule has 0 spiro atoms. The number of hydrogen-bond acceptors (Lipinski definition) is 5. The van der Waals surface area contributed by atoms with Gasteiger partial charge in [-0.25, -0.2) is 19.9 Å². The molecule has 4 heterocycles. The lowest BCUT2D eigenvalue weighted by atomic mass is 9.91. The quantitative estimate of drug-likeness (QED) is 0.161. The van der Waals surface area contributed by atoms with E-state index in [4.69, 9.17) is 24.4 Å². The van der Waals surface area contributed by atoms with E-state index in [-0.39, 0.29) is 0 Å². The average molecular weight is 794 g/mol. The van der Waals surface area contributed by atoms with Crippen LogP contribution in [0.1, 0.15) is 0 Å². The summed E-state index contributed by atoms with van der Waals surface area (Å²) in [6.45, 7) is 0. The van der Waals surface area contributed by atoms with Crippen LogP contribution in [0, 0.1) is 0 Å². The molecule has 0 saturated carbocycles. The van der Waals surface area contributed by atoms with Crippen molar-refractivity contribution in [2.75, 3.05) is 0 Å². The van der Waals surface area contributed by atoms with Crippen LogP contribution in [0.4, 0.5) is 0 Å². The highest BCUT2D eigenvalue weighted by atomic mass is 16.3. The normalized spacial score (nSPS) is 11.5. The first kappa shape index (κ1) is 35.5. The summed E-state index contributed by atoms with van der Waals surface area (Å²) in [6, 6.07) is 71.2. The van der Waals surface area contributed by atoms with E-state index < -0.39 is 0 Å². The summed E-state index contributed by atoms with van der Waals surface area (Å²) in [5.74, 6) is 2.36. The molecule has 0 fully saturated rings. The minimum atomic E-state index is 0.512. The second kappa shape index (κ2) is 14.7. The third-order valence-electron chi connectivity index (χ3n) is 11.7. The SMILES string of the molecule is c1ccc(-c2ccc(-c3ccccc3)c(-c3cnc(-n4c5ccccc5c5ccc6oc7ccccc7c6c54)c(-c4nc(-c5ccccc5)nc(-c5ccccc5)n4)c3)c2)cc1. The van der Waals surface area contributed by atoms with Crippen LogP contribution >= 0.6 is 0 Å². The molecule has 0 unspecified atom stereocenters. The van der Waals surface area contributed by atoms with Crippen LogP contribution in [0.5, 0.6) is 0 Å². The number of pyridine rings is 1. The van der Waals surface area contributed by atoms with Gasteiger partial charge in [-0.2, -0.15) is 0 Å². The van der Waals surface area contributed by atoms with Gasteiger partial charge in [0.2, 0.25) is 0 Å². The summed E-state index contributed by atoms with van der Waals surface area (Å²) >= 11 is 0. The van der Waals surface area contributed by atoms with Crippen molar-refractivity contribution < 1.29 is 4.42 Å². The fourth-order valence-electron chi connectivity index (χ4n) is 8.82. The maximum absolute atomic E-state index is 6.50. The number of para-hydroxylation sites is 2. The number of hydrogen-bond donors (Lipinski definition) is 0. The summed E-state index contributed by atoms with van der Waals surface area (Å²) in [5, 5.41) is 4.28. The average Bonchev–Trinajstić information content (AvgIpc) is 3.90. The fraction of sp³-hybridized carbons (Fsp3) is 0. The van der Waals surface area contributed by atoms with Crippen molar-refractivity contribution in [2.45, 2.75) is 0 Å². The first-order valence-corrected chi connectivity index (χ1v) is 20.7. The Labute approximate surface area is 357 Å². The first-order chi connectivity index (χ1) is 30.7. The molecular weight excluding hydrogens is 759 g/mol. The van der Waals surface area contributed by atoms with Gasteiger partial charge in [-0.3, -0.25) is 4.57 Å². The van der Waals surface area contributed by atoms with Gasteiger partial charge in [-0.05, 0) is 64.2 Å². The Kier molecular flexibility index (Phi) is 8.38. The first-order valence-electron chi connectivity index (χ1n) is 20.7. The lowest BCUT2D eigenvalue weighted by Crippen LogP contribution is -2.06. The molecule has 6 nitrogen and oxygen atoms in total. The van der Waals surface area contributed by atoms with Gasteiger partial charge in [0.05, 0.1) is 22.0 Å². The highest BCUT2D eigenvalue weighted by Crippen LogP contribution is 2.44. The Morgan fingerprint density at radius 1 is 0.355 bits per heavy atom. The Hall–Kier alpha value is -8.48. The number of aromatic nitrogens is 5. The van der Waals surface area contributed by atoms with Crippen LogP contribution in [-0.4, -0.2) is 24.5 Å². The number of nitrogens with zero attached hydrogens (tertiary/aromatic N) is 5. The van der Waals surface area contributed by atoms with E-state index in [0.29, 0.717) is 23.3 Å². The number of benzene rings is 8. The van der Waals surface area contributed by atoms with Crippen LogP contribution in [0.2, 0.25) is 0 Å². The second-order valence-corrected chi connectivity index (χ2v) is 15.4. The lowest BCUT2D eigenvalue weighted by Gasteiger charge is -2.17. The van der Waals surface area contributed by atoms with Crippen LogP contribution < -0.4 is 0 Å². The van der Waals surface area contributed by atoms with E-state index >= 15 is 0 Å². The fourth-order valence-corrected chi connectivity index (χ4v) is 8.82. The van der Waals surface area contributed by atoms with Crippen molar-refractivity contribution >= 4 is 43.7 Å². The predicted octanol–water partition coefficient (Wildman–Crippen LogP) is 14.3. The lowest BCUT2D eigenvalue weighted by molar-refractivity contribution is 0.669. The van der Waals surface area contributed by atoms with E-state index in [0.717, 1.165) is 93.8 Å². The summed E-state index contributed by atoms with van der Waals surface area (Å²) in [5.41, 5.74) is 12.6. The zero-order valence-electron chi connectivity index (χ0n) is 33.4. The van der Waals surface area contributed by atoms with Gasteiger partial charge in [0.15, 0.2) is 17.5 Å². The molecule has 8 aromatic carbocycles. The van der Waals surface area contributed by atoms with E-state index in [9.17, 15) is 0 Å². The van der Waals surface area contributed by atoms with Crippen molar-refractivity contribution in [3.8, 4) is 73.4 Å². The van der Waals surface area contributed by atoms with E-state index in [1.807, 2.05) is 79.0 Å². The number of furan rings is 1. The predicted molar refractivity (Wildman–Crippen MR) is 252 cm³/mol. The van der Waals surface area contributed by atoms with E-state index in [1.165, 1.54) is 0 Å². The molecule has 12 rings (SSSR count). The molecule has 12 aromatic rings. The van der Waals surface area contributed by atoms with Gasteiger partial charge in [0.1, 0.15) is 17.0 Å². The topological polar surface area (TPSA) is 69.6 Å². The van der Waals surface area contributed by atoms with Crippen LogP contribution in [0.15, 0.2) is 217 Å². The molecule has 0 aliphatic heterocycles. The molecule has 0 aliphatic rings. The minimum absolute atomic E-state index is 0.512. The molecular formula is C56H35N5O. The monoisotopic (exact) mass is 793 g/mol. The number of rotatable bonds is 7. The van der Waals surface area contributed by atoms with Gasteiger partial charge in [-0.1, -0.05) is 170 Å². The molecule has 0 N–H and O–H groups in total. The Morgan fingerprint density at radius 2 is 0.919 bits per heavy atom. The van der Waals surface area contributed by atoms with Gasteiger partial charge in [0, 0.05) is 39.0 Å². The van der Waals surface area contributed by atoms with Gasteiger partial charge < -0.3 is 4.42 Å². The Balaban J connectivity index is 1.21. The van der Waals surface area contributed by atoms with Crippen LogP contribution in [0.3, 0.4) is 0 Å². The van der Waals surface area contributed by atoms with Crippen molar-refractivity contribution in [1.29, 1.82) is 0 Å². The zero-order chi connectivity index (χ0) is 41.0. The highest BCUT2D eigenvalue weighted by molar-refractivity contribution is 6.24. The Morgan fingerprint density at radius 3 is 1.61 bits per heavy atom. The molecule has 0 radical (unpaired) electrons. The third kappa shape index (κ3) is 5.96. The van der Waals surface area contributed by atoms with Crippen molar-refractivity contribution in [1.82, 2.24) is 24.5 Å². The third-order valence-corrected chi connectivity index (χ3v) is 11.7. The van der Waals surface area contributed by atoms with Crippen LogP contribution in [0.25, 0.3) is 117 Å². The summed E-state index contributed by atoms with van der Waals surface area (Å²) in [6.07, 6.45) is 2.00. The van der Waals surface area contributed by atoms with E-state index in [1.54, 1.807) is 0 Å². The zero-order valence-corrected chi connectivity index (χ0v) is 33.4. The molecule has 62 heavy (non-hydrogen) atoms. The molecule has 0 amide bonds. The molecule has 0 aliphatic carbocycles. The molecule has 290 valence electrons. The highest BCUT2D eigenvalue weighted by Gasteiger charge is 2.25. The molecule has 6 heteroatoms. The maximum atomic E-state index is 6.50. The van der Waals surface area contributed by atoms with E-state index in [2.05, 4.69) is 138 Å². The van der Waals surface area contributed by atoms with Crippen molar-refractivity contribution in [2.24, 2.45) is 0 Å². The summed E-state index contributed by atoms with van der Waals surface area (Å²) < 4.78 is 8.78. The summed E-state index contributed by atoms with van der Waals surface area (Å²) in [7, 11) is 0.